The van der Waals surface area contributed by atoms with E-state index in [9.17, 15) is 9.59 Å². The first-order valence-corrected chi connectivity index (χ1v) is 9.86. The molecule has 144 valence electrons. The minimum atomic E-state index is -0.688. The van der Waals surface area contributed by atoms with Crippen molar-refractivity contribution in [3.63, 3.8) is 0 Å². The smallest absolute Gasteiger partial charge is 0.303 e. The summed E-state index contributed by atoms with van der Waals surface area (Å²) in [4.78, 5) is 20.7. The van der Waals surface area contributed by atoms with Crippen LogP contribution in [-0.4, -0.2) is 22.2 Å². The third-order valence-electron chi connectivity index (χ3n) is 4.13. The third kappa shape index (κ3) is 22.4. The van der Waals surface area contributed by atoms with Crippen LogP contribution in [0.15, 0.2) is 24.3 Å². The Morgan fingerprint density at radius 2 is 0.880 bits per heavy atom. The van der Waals surface area contributed by atoms with Gasteiger partial charge in [0.1, 0.15) is 0 Å². The Labute approximate surface area is 153 Å². The minimum Gasteiger partial charge on any atom is -0.481 e. The molecule has 0 aromatic carbocycles. The van der Waals surface area contributed by atoms with Crippen LogP contribution in [0.2, 0.25) is 0 Å². The molecule has 2 N–H and O–H groups in total. The quantitative estimate of drug-likeness (QED) is 0.230. The fourth-order valence-electron chi connectivity index (χ4n) is 2.64. The van der Waals surface area contributed by atoms with E-state index in [1.807, 2.05) is 0 Å². The van der Waals surface area contributed by atoms with Crippen molar-refractivity contribution in [1.82, 2.24) is 0 Å². The van der Waals surface area contributed by atoms with Crippen LogP contribution in [0.25, 0.3) is 0 Å². The van der Waals surface area contributed by atoms with E-state index in [1.54, 1.807) is 0 Å². The van der Waals surface area contributed by atoms with Gasteiger partial charge in [-0.05, 0) is 44.9 Å². The second-order valence-corrected chi connectivity index (χ2v) is 6.58. The predicted molar refractivity (Wildman–Crippen MR) is 103 cm³/mol. The van der Waals surface area contributed by atoms with Gasteiger partial charge < -0.3 is 10.2 Å². The molecular weight excluding hydrogens is 316 g/mol. The van der Waals surface area contributed by atoms with Crippen molar-refractivity contribution in [2.24, 2.45) is 0 Å². The fourth-order valence-corrected chi connectivity index (χ4v) is 2.64. The molecule has 0 aliphatic carbocycles. The zero-order chi connectivity index (χ0) is 18.6. The van der Waals surface area contributed by atoms with E-state index in [-0.39, 0.29) is 0 Å². The second-order valence-electron chi connectivity index (χ2n) is 6.58. The molecule has 25 heavy (non-hydrogen) atoms. The normalized spacial score (nSPS) is 11.5. The summed E-state index contributed by atoms with van der Waals surface area (Å²) >= 11 is 0. The first kappa shape index (κ1) is 23.4. The Morgan fingerprint density at radius 1 is 0.520 bits per heavy atom. The predicted octanol–water partition coefficient (Wildman–Crippen LogP) is 6.12. The van der Waals surface area contributed by atoms with E-state index in [0.29, 0.717) is 12.8 Å². The molecule has 0 spiro atoms. The van der Waals surface area contributed by atoms with Crippen LogP contribution in [0, 0.1) is 0 Å². The van der Waals surface area contributed by atoms with Gasteiger partial charge in [-0.15, -0.1) is 0 Å². The van der Waals surface area contributed by atoms with Gasteiger partial charge in [0, 0.05) is 12.8 Å². The number of unbranched alkanes of at least 4 members (excludes halogenated alkanes) is 10. The molecule has 0 bridgehead atoms. The van der Waals surface area contributed by atoms with Gasteiger partial charge in [0.15, 0.2) is 0 Å². The second kappa shape index (κ2) is 18.8. The van der Waals surface area contributed by atoms with Crippen LogP contribution in [0.5, 0.6) is 0 Å². The highest BCUT2D eigenvalue weighted by Crippen LogP contribution is 2.09. The van der Waals surface area contributed by atoms with Gasteiger partial charge in [-0.1, -0.05) is 62.8 Å². The summed E-state index contributed by atoms with van der Waals surface area (Å²) in [6, 6.07) is 0. The van der Waals surface area contributed by atoms with Gasteiger partial charge in [0.25, 0.3) is 0 Å². The first-order chi connectivity index (χ1) is 12.1. The molecule has 0 saturated heterocycles. The standard InChI is InChI=1S/C21H36O4/c22-20(23)18-16-14-12-10-8-6-4-2-1-3-5-7-9-11-13-15-17-19-21(24)25/h2-5H,1,6-19H2,(H,22,23)(H,24,25)/b4-2-,5-3-. The number of rotatable bonds is 18. The Bertz CT molecular complexity index is 349. The van der Waals surface area contributed by atoms with Crippen LogP contribution in [0.3, 0.4) is 0 Å². The van der Waals surface area contributed by atoms with Gasteiger partial charge in [0.2, 0.25) is 0 Å². The maximum Gasteiger partial charge on any atom is 0.303 e. The number of carbonyl (C=O) groups is 2. The molecule has 0 heterocycles. The number of hydrogen-bond donors (Lipinski definition) is 2. The molecule has 0 aromatic heterocycles. The summed E-state index contributed by atoms with van der Waals surface area (Å²) in [7, 11) is 0. The molecule has 0 fully saturated rings. The Morgan fingerprint density at radius 3 is 1.28 bits per heavy atom. The number of hydrogen-bond acceptors (Lipinski definition) is 2. The van der Waals surface area contributed by atoms with Crippen molar-refractivity contribution >= 4 is 11.9 Å². The monoisotopic (exact) mass is 352 g/mol. The highest BCUT2D eigenvalue weighted by molar-refractivity contribution is 5.66. The summed E-state index contributed by atoms with van der Waals surface area (Å²) in [5, 5.41) is 17.1. The van der Waals surface area contributed by atoms with Gasteiger partial charge in [-0.25, -0.2) is 0 Å². The molecule has 0 atom stereocenters. The average molecular weight is 353 g/mol. The van der Waals surface area contributed by atoms with Crippen LogP contribution in [0.4, 0.5) is 0 Å². The van der Waals surface area contributed by atoms with Crippen LogP contribution in [0.1, 0.15) is 96.3 Å². The zero-order valence-corrected chi connectivity index (χ0v) is 15.6. The van der Waals surface area contributed by atoms with Gasteiger partial charge in [0.05, 0.1) is 0 Å². The van der Waals surface area contributed by atoms with Gasteiger partial charge in [-0.2, -0.15) is 0 Å². The molecule has 0 amide bonds. The highest BCUT2D eigenvalue weighted by atomic mass is 16.4. The largest absolute Gasteiger partial charge is 0.481 e. The Hall–Kier alpha value is -1.58. The van der Waals surface area contributed by atoms with E-state index < -0.39 is 11.9 Å². The lowest BCUT2D eigenvalue weighted by Crippen LogP contribution is -1.93. The van der Waals surface area contributed by atoms with Crippen LogP contribution < -0.4 is 0 Å². The number of aliphatic carboxylic acids is 2. The number of carboxylic acids is 2. The molecule has 0 unspecified atom stereocenters. The average Bonchev–Trinajstić information content (AvgIpc) is 2.56. The van der Waals surface area contributed by atoms with Crippen LogP contribution >= 0.6 is 0 Å². The van der Waals surface area contributed by atoms with Crippen molar-refractivity contribution in [2.75, 3.05) is 0 Å². The Kier molecular flexibility index (Phi) is 17.6. The maximum atomic E-state index is 10.4. The maximum absolute atomic E-state index is 10.4. The molecule has 4 nitrogen and oxygen atoms in total. The first-order valence-electron chi connectivity index (χ1n) is 9.86. The molecule has 0 aliphatic rings. The summed E-state index contributed by atoms with van der Waals surface area (Å²) in [5.41, 5.74) is 0. The fraction of sp³-hybridized carbons (Fsp3) is 0.714. The van der Waals surface area contributed by atoms with E-state index in [1.165, 1.54) is 25.7 Å². The SMILES string of the molecule is O=C(O)CCCCCCC/C=C\C/C=C\CCCCCCCC(=O)O. The lowest BCUT2D eigenvalue weighted by Gasteiger charge is -1.98. The molecule has 0 aliphatic heterocycles. The van der Waals surface area contributed by atoms with Crippen molar-refractivity contribution in [2.45, 2.75) is 96.3 Å². The summed E-state index contributed by atoms with van der Waals surface area (Å²) in [6.07, 6.45) is 23.4. The van der Waals surface area contributed by atoms with Gasteiger partial charge >= 0.3 is 11.9 Å². The van der Waals surface area contributed by atoms with Crippen molar-refractivity contribution in [1.29, 1.82) is 0 Å². The summed E-state index contributed by atoms with van der Waals surface area (Å²) in [5.74, 6) is -1.38. The number of allylic oxidation sites excluding steroid dienone is 4. The van der Waals surface area contributed by atoms with E-state index in [2.05, 4.69) is 24.3 Å². The summed E-state index contributed by atoms with van der Waals surface area (Å²) < 4.78 is 0. The van der Waals surface area contributed by atoms with Crippen LogP contribution in [-0.2, 0) is 9.59 Å². The van der Waals surface area contributed by atoms with Gasteiger partial charge in [-0.3, -0.25) is 9.59 Å². The van der Waals surface area contributed by atoms with E-state index in [0.717, 1.165) is 57.8 Å². The molecule has 0 radical (unpaired) electrons. The third-order valence-corrected chi connectivity index (χ3v) is 4.13. The van der Waals surface area contributed by atoms with Crippen molar-refractivity contribution in [3.8, 4) is 0 Å². The van der Waals surface area contributed by atoms with E-state index in [4.69, 9.17) is 10.2 Å². The molecule has 0 aromatic rings. The highest BCUT2D eigenvalue weighted by Gasteiger charge is 1.96. The minimum absolute atomic E-state index is 0.303. The van der Waals surface area contributed by atoms with E-state index >= 15 is 0 Å². The lowest BCUT2D eigenvalue weighted by molar-refractivity contribution is -0.138. The Balaban J connectivity index is 3.22. The number of carboxylic acid groups (broad SMARTS) is 2. The topological polar surface area (TPSA) is 74.6 Å². The zero-order valence-electron chi connectivity index (χ0n) is 15.6. The van der Waals surface area contributed by atoms with Crippen molar-refractivity contribution in [3.05, 3.63) is 24.3 Å². The summed E-state index contributed by atoms with van der Waals surface area (Å²) in [6.45, 7) is 0. The molecule has 0 rings (SSSR count). The molecular formula is C21H36O4. The van der Waals surface area contributed by atoms with Crippen molar-refractivity contribution < 1.29 is 19.8 Å². The lowest BCUT2D eigenvalue weighted by atomic mass is 10.1. The molecule has 4 heteroatoms. The molecule has 0 saturated carbocycles.